The molecule has 4 aliphatic rings. The monoisotopic (exact) mass is 246 g/mol. The first-order valence-electron chi connectivity index (χ1n) is 7.31. The Morgan fingerprint density at radius 3 is 2.22 bits per heavy atom. The summed E-state index contributed by atoms with van der Waals surface area (Å²) >= 11 is 0. The second-order valence-electron chi connectivity index (χ2n) is 7.08. The standard InChI is InChI=1S/C15H22N2O/c1-17-3-2-16-14(17)13(18)15-7-10-4-11(8-15)6-12(5-10)9-15/h2-3,10-13,18H,4-9H2,1H3. The fourth-order valence-corrected chi connectivity index (χ4v) is 5.43. The van der Waals surface area contributed by atoms with E-state index in [0.29, 0.717) is 0 Å². The summed E-state index contributed by atoms with van der Waals surface area (Å²) in [6.45, 7) is 0. The van der Waals surface area contributed by atoms with Gasteiger partial charge in [-0.05, 0) is 56.3 Å². The summed E-state index contributed by atoms with van der Waals surface area (Å²) in [6, 6.07) is 0. The first-order chi connectivity index (χ1) is 8.66. The normalized spacial score (nSPS) is 43.3. The zero-order chi connectivity index (χ0) is 12.3. The van der Waals surface area contributed by atoms with Crippen LogP contribution in [-0.4, -0.2) is 14.7 Å². The van der Waals surface area contributed by atoms with E-state index in [1.165, 1.54) is 38.5 Å². The van der Waals surface area contributed by atoms with Crippen molar-refractivity contribution in [3.63, 3.8) is 0 Å². The van der Waals surface area contributed by atoms with Crippen molar-refractivity contribution in [3.05, 3.63) is 18.2 Å². The largest absolute Gasteiger partial charge is 0.385 e. The van der Waals surface area contributed by atoms with E-state index in [4.69, 9.17) is 0 Å². The van der Waals surface area contributed by atoms with Crippen LogP contribution in [0.5, 0.6) is 0 Å². The van der Waals surface area contributed by atoms with Crippen LogP contribution in [0.15, 0.2) is 12.4 Å². The highest BCUT2D eigenvalue weighted by molar-refractivity contribution is 5.10. The number of hydrogen-bond acceptors (Lipinski definition) is 2. The van der Waals surface area contributed by atoms with Gasteiger partial charge in [-0.15, -0.1) is 0 Å². The van der Waals surface area contributed by atoms with Crippen LogP contribution < -0.4 is 0 Å². The molecule has 0 spiro atoms. The number of hydrogen-bond donors (Lipinski definition) is 1. The van der Waals surface area contributed by atoms with E-state index in [1.54, 1.807) is 6.20 Å². The lowest BCUT2D eigenvalue weighted by atomic mass is 9.48. The van der Waals surface area contributed by atoms with Crippen LogP contribution >= 0.6 is 0 Å². The summed E-state index contributed by atoms with van der Waals surface area (Å²) in [7, 11) is 1.99. The van der Waals surface area contributed by atoms with Gasteiger partial charge in [0.15, 0.2) is 0 Å². The zero-order valence-electron chi connectivity index (χ0n) is 11.0. The lowest BCUT2D eigenvalue weighted by molar-refractivity contribution is -0.125. The van der Waals surface area contributed by atoms with Crippen molar-refractivity contribution in [3.8, 4) is 0 Å². The van der Waals surface area contributed by atoms with Crippen molar-refractivity contribution in [2.45, 2.75) is 44.6 Å². The van der Waals surface area contributed by atoms with Gasteiger partial charge >= 0.3 is 0 Å². The summed E-state index contributed by atoms with van der Waals surface area (Å²) < 4.78 is 1.99. The van der Waals surface area contributed by atoms with Crippen LogP contribution in [0.3, 0.4) is 0 Å². The SMILES string of the molecule is Cn1ccnc1C(O)C12CC3CC(CC(C3)C1)C2. The Morgan fingerprint density at radius 2 is 1.78 bits per heavy atom. The number of nitrogens with zero attached hydrogens (tertiary/aromatic N) is 2. The molecule has 98 valence electrons. The van der Waals surface area contributed by atoms with Gasteiger partial charge in [-0.1, -0.05) is 0 Å². The number of imidazole rings is 1. The summed E-state index contributed by atoms with van der Waals surface area (Å²) in [5.74, 6) is 3.51. The van der Waals surface area contributed by atoms with Gasteiger partial charge in [0.1, 0.15) is 11.9 Å². The van der Waals surface area contributed by atoms with Gasteiger partial charge in [-0.25, -0.2) is 4.98 Å². The second kappa shape index (κ2) is 3.60. The summed E-state index contributed by atoms with van der Waals surface area (Å²) in [4.78, 5) is 4.39. The summed E-state index contributed by atoms with van der Waals surface area (Å²) in [5.41, 5.74) is 0.147. The van der Waals surface area contributed by atoms with E-state index < -0.39 is 0 Å². The van der Waals surface area contributed by atoms with Gasteiger partial charge in [-0.2, -0.15) is 0 Å². The van der Waals surface area contributed by atoms with Gasteiger partial charge < -0.3 is 9.67 Å². The molecule has 18 heavy (non-hydrogen) atoms. The highest BCUT2D eigenvalue weighted by atomic mass is 16.3. The third kappa shape index (κ3) is 1.43. The van der Waals surface area contributed by atoms with Crippen LogP contribution in [0.25, 0.3) is 0 Å². The molecule has 4 aliphatic carbocycles. The molecule has 4 fully saturated rings. The van der Waals surface area contributed by atoms with Crippen LogP contribution in [0.1, 0.15) is 50.5 Å². The molecule has 1 N–H and O–H groups in total. The Labute approximate surface area is 108 Å². The van der Waals surface area contributed by atoms with E-state index in [-0.39, 0.29) is 11.5 Å². The van der Waals surface area contributed by atoms with Gasteiger partial charge in [0.25, 0.3) is 0 Å². The van der Waals surface area contributed by atoms with Crippen molar-refractivity contribution >= 4 is 0 Å². The molecule has 0 saturated heterocycles. The minimum Gasteiger partial charge on any atom is -0.385 e. The fraction of sp³-hybridized carbons (Fsp3) is 0.800. The lowest BCUT2D eigenvalue weighted by Crippen LogP contribution is -2.49. The molecule has 1 aromatic heterocycles. The van der Waals surface area contributed by atoms with Crippen LogP contribution in [0, 0.1) is 23.2 Å². The molecule has 3 heteroatoms. The molecule has 1 heterocycles. The number of aryl methyl sites for hydroxylation is 1. The Hall–Kier alpha value is -0.830. The molecule has 4 saturated carbocycles. The second-order valence-corrected chi connectivity index (χ2v) is 7.08. The third-order valence-electron chi connectivity index (χ3n) is 5.77. The van der Waals surface area contributed by atoms with E-state index in [9.17, 15) is 5.11 Å². The fourth-order valence-electron chi connectivity index (χ4n) is 5.43. The van der Waals surface area contributed by atoms with Crippen molar-refractivity contribution in [1.82, 2.24) is 9.55 Å². The zero-order valence-corrected chi connectivity index (χ0v) is 11.0. The van der Waals surface area contributed by atoms with Crippen molar-refractivity contribution in [2.24, 2.45) is 30.2 Å². The predicted molar refractivity (Wildman–Crippen MR) is 68.8 cm³/mol. The van der Waals surface area contributed by atoms with E-state index in [0.717, 1.165) is 23.6 Å². The molecule has 0 radical (unpaired) electrons. The molecular formula is C15H22N2O. The quantitative estimate of drug-likeness (QED) is 0.871. The minimum atomic E-state index is -0.356. The van der Waals surface area contributed by atoms with Gasteiger partial charge in [0.05, 0.1) is 0 Å². The minimum absolute atomic E-state index is 0.147. The Balaban J connectivity index is 1.69. The number of rotatable bonds is 2. The third-order valence-corrected chi connectivity index (χ3v) is 5.77. The smallest absolute Gasteiger partial charge is 0.137 e. The molecule has 3 nitrogen and oxygen atoms in total. The predicted octanol–water partition coefficient (Wildman–Crippen LogP) is 2.67. The molecule has 1 aromatic rings. The highest BCUT2D eigenvalue weighted by Crippen LogP contribution is 2.63. The maximum atomic E-state index is 10.9. The first-order valence-corrected chi connectivity index (χ1v) is 7.31. The van der Waals surface area contributed by atoms with Crippen molar-refractivity contribution in [1.29, 1.82) is 0 Å². The van der Waals surface area contributed by atoms with Crippen LogP contribution in [0.2, 0.25) is 0 Å². The van der Waals surface area contributed by atoms with Crippen LogP contribution in [0.4, 0.5) is 0 Å². The maximum Gasteiger partial charge on any atom is 0.137 e. The summed E-state index contributed by atoms with van der Waals surface area (Å²) in [5, 5.41) is 10.9. The molecule has 0 amide bonds. The van der Waals surface area contributed by atoms with E-state index in [1.807, 2.05) is 17.8 Å². The number of aliphatic hydroxyl groups excluding tert-OH is 1. The van der Waals surface area contributed by atoms with Gasteiger partial charge in [0, 0.05) is 24.9 Å². The topological polar surface area (TPSA) is 38.0 Å². The Kier molecular flexibility index (Phi) is 2.20. The molecule has 5 rings (SSSR count). The molecule has 1 atom stereocenters. The average Bonchev–Trinajstić information content (AvgIpc) is 2.72. The van der Waals surface area contributed by atoms with Crippen LogP contribution in [-0.2, 0) is 7.05 Å². The van der Waals surface area contributed by atoms with E-state index in [2.05, 4.69) is 4.98 Å². The molecule has 1 unspecified atom stereocenters. The van der Waals surface area contributed by atoms with Crippen molar-refractivity contribution < 1.29 is 5.11 Å². The number of aromatic nitrogens is 2. The molecule has 0 aliphatic heterocycles. The van der Waals surface area contributed by atoms with E-state index >= 15 is 0 Å². The highest BCUT2D eigenvalue weighted by Gasteiger charge is 2.54. The Morgan fingerprint density at radius 1 is 1.22 bits per heavy atom. The van der Waals surface area contributed by atoms with Gasteiger partial charge in [0.2, 0.25) is 0 Å². The lowest BCUT2D eigenvalue weighted by Gasteiger charge is -2.58. The molecule has 4 bridgehead atoms. The molecular weight excluding hydrogens is 224 g/mol. The Bertz CT molecular complexity index is 430. The summed E-state index contributed by atoms with van der Waals surface area (Å²) in [6.07, 6.45) is 11.3. The maximum absolute atomic E-state index is 10.9. The average molecular weight is 246 g/mol. The van der Waals surface area contributed by atoms with Gasteiger partial charge in [-0.3, -0.25) is 0 Å². The van der Waals surface area contributed by atoms with Crippen molar-refractivity contribution in [2.75, 3.05) is 0 Å². The molecule has 0 aromatic carbocycles. The number of aliphatic hydroxyl groups is 1. The first kappa shape index (κ1) is 11.0.